The standard InChI is InChI=1S/C13H11BrN4O/c14-9-3-5-10(6-4-9)19-8-12-16-13-11(15)2-1-7-18(13)17-12/h1-7H,8,15H2. The number of fused-ring (bicyclic) bond motifs is 1. The Hall–Kier alpha value is -2.08. The van der Waals surface area contributed by atoms with Crippen molar-refractivity contribution in [3.05, 3.63) is 52.9 Å². The topological polar surface area (TPSA) is 65.4 Å². The average Bonchev–Trinajstić information content (AvgIpc) is 2.83. The molecule has 0 aliphatic carbocycles. The monoisotopic (exact) mass is 318 g/mol. The van der Waals surface area contributed by atoms with E-state index < -0.39 is 0 Å². The lowest BCUT2D eigenvalue weighted by Crippen LogP contribution is -1.97. The molecule has 1 aromatic carbocycles. The lowest BCUT2D eigenvalue weighted by molar-refractivity contribution is 0.296. The largest absolute Gasteiger partial charge is 0.486 e. The number of hydrogen-bond acceptors (Lipinski definition) is 4. The molecule has 96 valence electrons. The molecule has 0 aliphatic heterocycles. The highest BCUT2D eigenvalue weighted by Gasteiger charge is 2.06. The molecule has 0 atom stereocenters. The number of nitrogens with zero attached hydrogens (tertiary/aromatic N) is 3. The minimum atomic E-state index is 0.308. The van der Waals surface area contributed by atoms with E-state index in [1.54, 1.807) is 10.6 Å². The summed E-state index contributed by atoms with van der Waals surface area (Å²) in [7, 11) is 0. The van der Waals surface area contributed by atoms with E-state index in [9.17, 15) is 0 Å². The van der Waals surface area contributed by atoms with Crippen LogP contribution in [-0.4, -0.2) is 14.6 Å². The molecule has 0 unspecified atom stereocenters. The molecule has 3 aromatic rings. The van der Waals surface area contributed by atoms with Crippen molar-refractivity contribution in [1.29, 1.82) is 0 Å². The number of hydrogen-bond donors (Lipinski definition) is 1. The lowest BCUT2D eigenvalue weighted by Gasteiger charge is -2.02. The van der Waals surface area contributed by atoms with Crippen LogP contribution in [0.3, 0.4) is 0 Å². The fourth-order valence-electron chi connectivity index (χ4n) is 1.71. The van der Waals surface area contributed by atoms with Gasteiger partial charge in [-0.2, -0.15) is 0 Å². The molecule has 3 rings (SSSR count). The molecule has 0 amide bonds. The van der Waals surface area contributed by atoms with Crippen molar-refractivity contribution < 1.29 is 4.74 Å². The molecule has 0 aliphatic rings. The van der Waals surface area contributed by atoms with E-state index in [1.807, 2.05) is 36.5 Å². The van der Waals surface area contributed by atoms with Crippen molar-refractivity contribution in [1.82, 2.24) is 14.6 Å². The Labute approximate surface area is 118 Å². The van der Waals surface area contributed by atoms with Crippen molar-refractivity contribution in [2.24, 2.45) is 0 Å². The Kier molecular flexibility index (Phi) is 3.08. The number of pyridine rings is 1. The normalized spacial score (nSPS) is 10.8. The van der Waals surface area contributed by atoms with Crippen LogP contribution in [0.5, 0.6) is 5.75 Å². The highest BCUT2D eigenvalue weighted by Crippen LogP contribution is 2.17. The maximum absolute atomic E-state index is 5.82. The van der Waals surface area contributed by atoms with Crippen LogP contribution in [-0.2, 0) is 6.61 Å². The number of halogens is 1. The van der Waals surface area contributed by atoms with Gasteiger partial charge in [-0.25, -0.2) is 9.50 Å². The van der Waals surface area contributed by atoms with Gasteiger partial charge >= 0.3 is 0 Å². The van der Waals surface area contributed by atoms with Crippen LogP contribution in [0.4, 0.5) is 5.69 Å². The molecular weight excluding hydrogens is 308 g/mol. The molecule has 2 aromatic heterocycles. The van der Waals surface area contributed by atoms with Crippen molar-refractivity contribution in [3.8, 4) is 5.75 Å². The Morgan fingerprint density at radius 1 is 1.21 bits per heavy atom. The number of anilines is 1. The zero-order chi connectivity index (χ0) is 13.2. The molecule has 19 heavy (non-hydrogen) atoms. The van der Waals surface area contributed by atoms with E-state index >= 15 is 0 Å². The molecule has 0 saturated carbocycles. The SMILES string of the molecule is Nc1cccn2nc(COc3ccc(Br)cc3)nc12. The molecule has 0 spiro atoms. The van der Waals surface area contributed by atoms with Gasteiger partial charge in [0.25, 0.3) is 0 Å². The summed E-state index contributed by atoms with van der Waals surface area (Å²) in [6, 6.07) is 11.2. The molecule has 2 N–H and O–H groups in total. The van der Waals surface area contributed by atoms with Crippen molar-refractivity contribution in [2.75, 3.05) is 5.73 Å². The Balaban J connectivity index is 1.78. The van der Waals surface area contributed by atoms with Gasteiger partial charge < -0.3 is 10.5 Å². The summed E-state index contributed by atoms with van der Waals surface area (Å²) in [4.78, 5) is 4.34. The minimum absolute atomic E-state index is 0.308. The summed E-state index contributed by atoms with van der Waals surface area (Å²) in [5, 5.41) is 4.30. The summed E-state index contributed by atoms with van der Waals surface area (Å²) in [5.74, 6) is 1.37. The lowest BCUT2D eigenvalue weighted by atomic mass is 10.3. The maximum Gasteiger partial charge on any atom is 0.189 e. The first-order chi connectivity index (χ1) is 9.22. The highest BCUT2D eigenvalue weighted by atomic mass is 79.9. The molecule has 6 heteroatoms. The third-order valence-corrected chi connectivity index (χ3v) is 3.15. The van der Waals surface area contributed by atoms with Crippen LogP contribution >= 0.6 is 15.9 Å². The van der Waals surface area contributed by atoms with E-state index in [2.05, 4.69) is 26.0 Å². The number of nitrogen functional groups attached to an aromatic ring is 1. The van der Waals surface area contributed by atoms with E-state index in [0.717, 1.165) is 10.2 Å². The van der Waals surface area contributed by atoms with E-state index in [1.165, 1.54) is 0 Å². The Bertz CT molecular complexity index is 708. The zero-order valence-electron chi connectivity index (χ0n) is 9.95. The molecular formula is C13H11BrN4O. The number of ether oxygens (including phenoxy) is 1. The van der Waals surface area contributed by atoms with Gasteiger partial charge in [-0.3, -0.25) is 0 Å². The molecule has 0 radical (unpaired) electrons. The Morgan fingerprint density at radius 3 is 2.74 bits per heavy atom. The minimum Gasteiger partial charge on any atom is -0.486 e. The Morgan fingerprint density at radius 2 is 2.00 bits per heavy atom. The summed E-state index contributed by atoms with van der Waals surface area (Å²) in [6.07, 6.45) is 1.81. The summed E-state index contributed by atoms with van der Waals surface area (Å²) < 4.78 is 8.28. The number of benzene rings is 1. The molecule has 0 fully saturated rings. The van der Waals surface area contributed by atoms with Crippen molar-refractivity contribution >= 4 is 27.3 Å². The fraction of sp³-hybridized carbons (Fsp3) is 0.0769. The predicted molar refractivity (Wildman–Crippen MR) is 75.9 cm³/mol. The second-order valence-electron chi connectivity index (χ2n) is 4.00. The van der Waals surface area contributed by atoms with Gasteiger partial charge in [-0.05, 0) is 36.4 Å². The van der Waals surface area contributed by atoms with Gasteiger partial charge in [0, 0.05) is 10.7 Å². The first kappa shape index (κ1) is 12.0. The number of nitrogens with two attached hydrogens (primary N) is 1. The number of aromatic nitrogens is 3. The predicted octanol–water partition coefficient (Wildman–Crippen LogP) is 2.65. The van der Waals surface area contributed by atoms with Crippen molar-refractivity contribution in [3.63, 3.8) is 0 Å². The summed E-state index contributed by atoms with van der Waals surface area (Å²) in [5.41, 5.74) is 7.08. The quantitative estimate of drug-likeness (QED) is 0.806. The van der Waals surface area contributed by atoms with E-state index in [4.69, 9.17) is 10.5 Å². The first-order valence-electron chi connectivity index (χ1n) is 5.70. The van der Waals surface area contributed by atoms with Gasteiger partial charge in [-0.1, -0.05) is 15.9 Å². The first-order valence-corrected chi connectivity index (χ1v) is 6.50. The third kappa shape index (κ3) is 2.53. The van der Waals surface area contributed by atoms with Crippen LogP contribution in [0, 0.1) is 0 Å². The van der Waals surface area contributed by atoms with Crippen LogP contribution in [0.1, 0.15) is 5.82 Å². The fourth-order valence-corrected chi connectivity index (χ4v) is 1.98. The number of rotatable bonds is 3. The maximum atomic E-state index is 5.82. The van der Waals surface area contributed by atoms with Gasteiger partial charge in [0.15, 0.2) is 11.5 Å². The second-order valence-corrected chi connectivity index (χ2v) is 4.92. The zero-order valence-corrected chi connectivity index (χ0v) is 11.5. The summed E-state index contributed by atoms with van der Waals surface area (Å²) in [6.45, 7) is 0.308. The van der Waals surface area contributed by atoms with E-state index in [-0.39, 0.29) is 0 Å². The van der Waals surface area contributed by atoms with Gasteiger partial charge in [0.05, 0.1) is 5.69 Å². The van der Waals surface area contributed by atoms with Crippen LogP contribution in [0.15, 0.2) is 47.1 Å². The van der Waals surface area contributed by atoms with Crippen LogP contribution < -0.4 is 10.5 Å². The smallest absolute Gasteiger partial charge is 0.189 e. The van der Waals surface area contributed by atoms with Crippen LogP contribution in [0.25, 0.3) is 5.65 Å². The third-order valence-electron chi connectivity index (χ3n) is 2.62. The molecule has 0 saturated heterocycles. The summed E-state index contributed by atoms with van der Waals surface area (Å²) >= 11 is 3.38. The van der Waals surface area contributed by atoms with Crippen molar-refractivity contribution in [2.45, 2.75) is 6.61 Å². The van der Waals surface area contributed by atoms with E-state index in [0.29, 0.717) is 23.8 Å². The van der Waals surface area contributed by atoms with Gasteiger partial charge in [0.2, 0.25) is 0 Å². The molecule has 5 nitrogen and oxygen atoms in total. The molecule has 0 bridgehead atoms. The van der Waals surface area contributed by atoms with Gasteiger partial charge in [0.1, 0.15) is 12.4 Å². The van der Waals surface area contributed by atoms with Crippen LogP contribution in [0.2, 0.25) is 0 Å². The molecule has 2 heterocycles. The second kappa shape index (κ2) is 4.89. The average molecular weight is 319 g/mol. The van der Waals surface area contributed by atoms with Gasteiger partial charge in [-0.15, -0.1) is 5.10 Å². The highest BCUT2D eigenvalue weighted by molar-refractivity contribution is 9.10.